The van der Waals surface area contributed by atoms with E-state index in [1.54, 1.807) is 6.21 Å². The molecule has 0 atom stereocenters. The average Bonchev–Trinajstić information content (AvgIpc) is 3.01. The Bertz CT molecular complexity index is 732. The number of ether oxygens (including phenoxy) is 2. The van der Waals surface area contributed by atoms with Crippen LogP contribution in [0, 0.1) is 0 Å². The second-order valence-corrected chi connectivity index (χ2v) is 5.68. The van der Waals surface area contributed by atoms with Gasteiger partial charge in [-0.25, -0.2) is 0 Å². The Labute approximate surface area is 141 Å². The maximum absolute atomic E-state index is 11.8. The van der Waals surface area contributed by atoms with Gasteiger partial charge in [-0.15, -0.1) is 0 Å². The number of hydrazone groups is 1. The first-order valence-corrected chi connectivity index (χ1v) is 7.71. The lowest BCUT2D eigenvalue weighted by atomic mass is 10.2. The van der Waals surface area contributed by atoms with E-state index in [4.69, 9.17) is 9.47 Å². The van der Waals surface area contributed by atoms with Crippen molar-refractivity contribution >= 4 is 33.7 Å². The number of nitrogens with zero attached hydrogens (tertiary/aromatic N) is 1. The van der Waals surface area contributed by atoms with Gasteiger partial charge in [0.1, 0.15) is 6.54 Å². The molecule has 0 radical (unpaired) electrons. The van der Waals surface area contributed by atoms with Crippen LogP contribution in [0.5, 0.6) is 11.5 Å². The molecule has 6 nitrogen and oxygen atoms in total. The molecule has 1 amide bonds. The SMILES string of the molecule is O=C(CNN=Cc1ccc2c(c1)OCO2)Nc1ccc(Br)cc1. The third-order valence-electron chi connectivity index (χ3n) is 3.07. The van der Waals surface area contributed by atoms with Gasteiger partial charge in [0.05, 0.1) is 6.21 Å². The Morgan fingerprint density at radius 3 is 2.78 bits per heavy atom. The van der Waals surface area contributed by atoms with Gasteiger partial charge < -0.3 is 20.2 Å². The van der Waals surface area contributed by atoms with Crippen molar-refractivity contribution < 1.29 is 14.3 Å². The van der Waals surface area contributed by atoms with Crippen LogP contribution in [0.3, 0.4) is 0 Å². The summed E-state index contributed by atoms with van der Waals surface area (Å²) in [6.07, 6.45) is 1.62. The highest BCUT2D eigenvalue weighted by Crippen LogP contribution is 2.31. The number of halogens is 1. The molecule has 0 saturated heterocycles. The topological polar surface area (TPSA) is 72.0 Å². The Balaban J connectivity index is 1.47. The van der Waals surface area contributed by atoms with E-state index in [0.717, 1.165) is 21.5 Å². The van der Waals surface area contributed by atoms with Crippen molar-refractivity contribution in [2.24, 2.45) is 5.10 Å². The zero-order valence-corrected chi connectivity index (χ0v) is 13.7. The van der Waals surface area contributed by atoms with Crippen molar-refractivity contribution in [1.82, 2.24) is 5.43 Å². The van der Waals surface area contributed by atoms with Crippen molar-refractivity contribution in [1.29, 1.82) is 0 Å². The summed E-state index contributed by atoms with van der Waals surface area (Å²) >= 11 is 3.34. The van der Waals surface area contributed by atoms with Crippen molar-refractivity contribution in [2.75, 3.05) is 18.7 Å². The van der Waals surface area contributed by atoms with Crippen LogP contribution in [-0.4, -0.2) is 25.5 Å². The van der Waals surface area contributed by atoms with Gasteiger partial charge in [-0.2, -0.15) is 5.10 Å². The predicted octanol–water partition coefficient (Wildman–Crippen LogP) is 2.74. The van der Waals surface area contributed by atoms with Crippen molar-refractivity contribution in [3.8, 4) is 11.5 Å². The highest BCUT2D eigenvalue weighted by Gasteiger charge is 2.12. The summed E-state index contributed by atoms with van der Waals surface area (Å²) in [5.41, 5.74) is 4.30. The van der Waals surface area contributed by atoms with E-state index in [9.17, 15) is 4.79 Å². The quantitative estimate of drug-likeness (QED) is 0.622. The molecule has 0 aromatic heterocycles. The molecular weight excluding hydrogens is 362 g/mol. The van der Waals surface area contributed by atoms with E-state index in [1.165, 1.54) is 0 Å². The number of hydrogen-bond acceptors (Lipinski definition) is 5. The summed E-state index contributed by atoms with van der Waals surface area (Å²) in [7, 11) is 0. The van der Waals surface area contributed by atoms with Crippen LogP contribution in [0.1, 0.15) is 5.56 Å². The van der Waals surface area contributed by atoms with Crippen LogP contribution in [0.2, 0.25) is 0 Å². The van der Waals surface area contributed by atoms with Gasteiger partial charge in [-0.3, -0.25) is 4.79 Å². The van der Waals surface area contributed by atoms with Crippen LogP contribution < -0.4 is 20.2 Å². The van der Waals surface area contributed by atoms with Crippen molar-refractivity contribution in [3.63, 3.8) is 0 Å². The molecule has 3 rings (SSSR count). The largest absolute Gasteiger partial charge is 0.454 e. The molecule has 0 aliphatic carbocycles. The van der Waals surface area contributed by atoms with E-state index in [-0.39, 0.29) is 19.2 Å². The molecule has 0 spiro atoms. The van der Waals surface area contributed by atoms with Gasteiger partial charge in [0.15, 0.2) is 11.5 Å². The standard InChI is InChI=1S/C16H14BrN3O3/c17-12-2-4-13(5-3-12)20-16(21)9-19-18-8-11-1-6-14-15(7-11)23-10-22-14/h1-8,19H,9-10H2,(H,20,21). The number of fused-ring (bicyclic) bond motifs is 1. The molecule has 0 saturated carbocycles. The highest BCUT2D eigenvalue weighted by molar-refractivity contribution is 9.10. The molecule has 7 heteroatoms. The summed E-state index contributed by atoms with van der Waals surface area (Å²) in [5, 5.41) is 6.79. The zero-order valence-electron chi connectivity index (χ0n) is 12.1. The fraction of sp³-hybridized carbons (Fsp3) is 0.125. The van der Waals surface area contributed by atoms with Gasteiger partial charge in [0.25, 0.3) is 0 Å². The second-order valence-electron chi connectivity index (χ2n) is 4.76. The van der Waals surface area contributed by atoms with Gasteiger partial charge >= 0.3 is 0 Å². The number of anilines is 1. The molecule has 2 N–H and O–H groups in total. The minimum absolute atomic E-state index is 0.0805. The average molecular weight is 376 g/mol. The zero-order chi connectivity index (χ0) is 16.1. The number of hydrogen-bond donors (Lipinski definition) is 2. The first kappa shape index (κ1) is 15.4. The molecule has 0 unspecified atom stereocenters. The number of rotatable bonds is 5. The van der Waals surface area contributed by atoms with Crippen LogP contribution in [0.25, 0.3) is 0 Å². The summed E-state index contributed by atoms with van der Waals surface area (Å²) in [5.74, 6) is 1.25. The monoisotopic (exact) mass is 375 g/mol. The lowest BCUT2D eigenvalue weighted by Crippen LogP contribution is -2.24. The summed E-state index contributed by atoms with van der Waals surface area (Å²) in [6, 6.07) is 12.9. The molecule has 1 aliphatic heterocycles. The number of amides is 1. The highest BCUT2D eigenvalue weighted by atomic mass is 79.9. The number of benzene rings is 2. The normalized spacial score (nSPS) is 12.4. The predicted molar refractivity (Wildman–Crippen MR) is 90.9 cm³/mol. The molecule has 0 fully saturated rings. The molecule has 2 aromatic carbocycles. The van der Waals surface area contributed by atoms with Gasteiger partial charge in [-0.05, 0) is 48.0 Å². The Kier molecular flexibility index (Phi) is 4.77. The van der Waals surface area contributed by atoms with E-state index in [2.05, 4.69) is 31.8 Å². The Morgan fingerprint density at radius 1 is 1.17 bits per heavy atom. The van der Waals surface area contributed by atoms with E-state index < -0.39 is 0 Å². The summed E-state index contributed by atoms with van der Waals surface area (Å²) in [4.78, 5) is 11.8. The smallest absolute Gasteiger partial charge is 0.245 e. The van der Waals surface area contributed by atoms with Crippen LogP contribution >= 0.6 is 15.9 Å². The number of carbonyl (C=O) groups is 1. The van der Waals surface area contributed by atoms with Crippen LogP contribution in [0.4, 0.5) is 5.69 Å². The van der Waals surface area contributed by atoms with E-state index in [1.807, 2.05) is 42.5 Å². The minimum Gasteiger partial charge on any atom is -0.454 e. The Hall–Kier alpha value is -2.54. The van der Waals surface area contributed by atoms with Gasteiger partial charge in [0, 0.05) is 10.2 Å². The van der Waals surface area contributed by atoms with E-state index in [0.29, 0.717) is 5.75 Å². The van der Waals surface area contributed by atoms with Crippen molar-refractivity contribution in [3.05, 3.63) is 52.5 Å². The first-order valence-electron chi connectivity index (χ1n) is 6.92. The van der Waals surface area contributed by atoms with Crippen LogP contribution in [-0.2, 0) is 4.79 Å². The second kappa shape index (κ2) is 7.15. The lowest BCUT2D eigenvalue weighted by molar-refractivity contribution is -0.115. The number of nitrogens with one attached hydrogen (secondary N) is 2. The lowest BCUT2D eigenvalue weighted by Gasteiger charge is -2.04. The summed E-state index contributed by atoms with van der Waals surface area (Å²) < 4.78 is 11.5. The number of carbonyl (C=O) groups excluding carboxylic acids is 1. The third kappa shape index (κ3) is 4.23. The molecule has 23 heavy (non-hydrogen) atoms. The van der Waals surface area contributed by atoms with Gasteiger partial charge in [-0.1, -0.05) is 15.9 Å². The molecular formula is C16H14BrN3O3. The molecule has 1 heterocycles. The molecule has 1 aliphatic rings. The van der Waals surface area contributed by atoms with Gasteiger partial charge in [0.2, 0.25) is 12.7 Å². The van der Waals surface area contributed by atoms with Crippen LogP contribution in [0.15, 0.2) is 52.0 Å². The fourth-order valence-corrected chi connectivity index (χ4v) is 2.23. The fourth-order valence-electron chi connectivity index (χ4n) is 1.97. The maximum atomic E-state index is 11.8. The Morgan fingerprint density at radius 2 is 1.96 bits per heavy atom. The molecule has 0 bridgehead atoms. The molecule has 2 aromatic rings. The first-order chi connectivity index (χ1) is 11.2. The minimum atomic E-state index is -0.171. The summed E-state index contributed by atoms with van der Waals surface area (Å²) in [6.45, 7) is 0.321. The van der Waals surface area contributed by atoms with E-state index >= 15 is 0 Å². The maximum Gasteiger partial charge on any atom is 0.245 e. The third-order valence-corrected chi connectivity index (χ3v) is 3.60. The molecule has 118 valence electrons. The van der Waals surface area contributed by atoms with Crippen molar-refractivity contribution in [2.45, 2.75) is 0 Å².